The van der Waals surface area contributed by atoms with Crippen LogP contribution in [0.2, 0.25) is 0 Å². The Kier molecular flexibility index (Phi) is 4.09. The lowest BCUT2D eigenvalue weighted by atomic mass is 9.96. The summed E-state index contributed by atoms with van der Waals surface area (Å²) in [4.78, 5) is 26.0. The summed E-state index contributed by atoms with van der Waals surface area (Å²) in [5.41, 5.74) is 6.80. The van der Waals surface area contributed by atoms with Crippen LogP contribution in [-0.4, -0.2) is 35.3 Å². The van der Waals surface area contributed by atoms with E-state index < -0.39 is 5.54 Å². The fourth-order valence-electron chi connectivity index (χ4n) is 2.52. The zero-order chi connectivity index (χ0) is 14.8. The highest BCUT2D eigenvalue weighted by molar-refractivity contribution is 5.92. The van der Waals surface area contributed by atoms with Crippen LogP contribution in [0.4, 0.5) is 0 Å². The minimum absolute atomic E-state index is 0.0363. The molecule has 0 saturated carbocycles. The van der Waals surface area contributed by atoms with Crippen LogP contribution in [0.3, 0.4) is 0 Å². The SMILES string of the molecule is CC1(C)C(=O)NCCN1C(=O)Cc1ccccc1CN. The summed E-state index contributed by atoms with van der Waals surface area (Å²) >= 11 is 0. The maximum atomic E-state index is 12.5. The molecular weight excluding hydrogens is 254 g/mol. The van der Waals surface area contributed by atoms with E-state index in [0.29, 0.717) is 19.6 Å². The molecule has 2 rings (SSSR count). The third-order valence-electron chi connectivity index (χ3n) is 3.83. The molecule has 0 bridgehead atoms. The van der Waals surface area contributed by atoms with Crippen LogP contribution in [0.25, 0.3) is 0 Å². The van der Waals surface area contributed by atoms with E-state index in [1.807, 2.05) is 24.3 Å². The van der Waals surface area contributed by atoms with Gasteiger partial charge in [-0.15, -0.1) is 0 Å². The molecule has 0 spiro atoms. The molecule has 1 fully saturated rings. The average Bonchev–Trinajstić information content (AvgIpc) is 2.42. The van der Waals surface area contributed by atoms with Gasteiger partial charge in [0.1, 0.15) is 5.54 Å². The molecule has 0 radical (unpaired) electrons. The number of nitrogens with one attached hydrogen (secondary N) is 1. The van der Waals surface area contributed by atoms with E-state index in [-0.39, 0.29) is 18.2 Å². The van der Waals surface area contributed by atoms with E-state index in [0.717, 1.165) is 11.1 Å². The lowest BCUT2D eigenvalue weighted by Crippen LogP contribution is -2.63. The number of hydrogen-bond acceptors (Lipinski definition) is 3. The standard InChI is InChI=1S/C15H21N3O2/c1-15(2)14(20)17-7-8-18(15)13(19)9-11-5-3-4-6-12(11)10-16/h3-6H,7-10,16H2,1-2H3,(H,17,20). The third-order valence-corrected chi connectivity index (χ3v) is 3.83. The number of rotatable bonds is 3. The van der Waals surface area contributed by atoms with E-state index in [1.165, 1.54) is 0 Å². The molecule has 1 aliphatic rings. The van der Waals surface area contributed by atoms with Crippen molar-refractivity contribution < 1.29 is 9.59 Å². The lowest BCUT2D eigenvalue weighted by Gasteiger charge is -2.41. The van der Waals surface area contributed by atoms with Gasteiger partial charge >= 0.3 is 0 Å². The van der Waals surface area contributed by atoms with Gasteiger partial charge in [0.25, 0.3) is 0 Å². The van der Waals surface area contributed by atoms with Crippen LogP contribution >= 0.6 is 0 Å². The number of nitrogens with two attached hydrogens (primary N) is 1. The number of piperazine rings is 1. The van der Waals surface area contributed by atoms with Gasteiger partial charge in [0.15, 0.2) is 0 Å². The smallest absolute Gasteiger partial charge is 0.245 e. The Bertz CT molecular complexity index is 526. The Morgan fingerprint density at radius 1 is 1.35 bits per heavy atom. The van der Waals surface area contributed by atoms with E-state index in [4.69, 9.17) is 5.73 Å². The zero-order valence-corrected chi connectivity index (χ0v) is 12.0. The van der Waals surface area contributed by atoms with Crippen molar-refractivity contribution in [2.45, 2.75) is 32.4 Å². The van der Waals surface area contributed by atoms with Gasteiger partial charge in [-0.1, -0.05) is 24.3 Å². The Hall–Kier alpha value is -1.88. The zero-order valence-electron chi connectivity index (χ0n) is 12.0. The van der Waals surface area contributed by atoms with Gasteiger partial charge in [-0.25, -0.2) is 0 Å². The lowest BCUT2D eigenvalue weighted by molar-refractivity contribution is -0.148. The van der Waals surface area contributed by atoms with E-state index >= 15 is 0 Å². The van der Waals surface area contributed by atoms with E-state index in [9.17, 15) is 9.59 Å². The van der Waals surface area contributed by atoms with Crippen LogP contribution in [0.5, 0.6) is 0 Å². The van der Waals surface area contributed by atoms with E-state index in [1.54, 1.807) is 18.7 Å². The molecule has 5 heteroatoms. The Balaban J connectivity index is 2.17. The molecule has 2 amide bonds. The Labute approximate surface area is 119 Å². The molecule has 20 heavy (non-hydrogen) atoms. The predicted octanol–water partition coefficient (Wildman–Crippen LogP) is 0.425. The molecular formula is C15H21N3O2. The van der Waals surface area contributed by atoms with Gasteiger partial charge in [0.2, 0.25) is 11.8 Å². The molecule has 0 unspecified atom stereocenters. The fourth-order valence-corrected chi connectivity index (χ4v) is 2.52. The average molecular weight is 275 g/mol. The molecule has 108 valence electrons. The number of nitrogens with zero attached hydrogens (tertiary/aromatic N) is 1. The summed E-state index contributed by atoms with van der Waals surface area (Å²) in [7, 11) is 0. The Morgan fingerprint density at radius 2 is 2.00 bits per heavy atom. The van der Waals surface area contributed by atoms with Crippen LogP contribution < -0.4 is 11.1 Å². The first-order valence-corrected chi connectivity index (χ1v) is 6.82. The van der Waals surface area contributed by atoms with Gasteiger partial charge in [0.05, 0.1) is 6.42 Å². The molecule has 1 heterocycles. The maximum absolute atomic E-state index is 12.5. The number of carbonyl (C=O) groups excluding carboxylic acids is 2. The second-order valence-electron chi connectivity index (χ2n) is 5.51. The summed E-state index contributed by atoms with van der Waals surface area (Å²) in [5.74, 6) is -0.144. The van der Waals surface area contributed by atoms with Gasteiger partial charge in [-0.3, -0.25) is 9.59 Å². The van der Waals surface area contributed by atoms with E-state index in [2.05, 4.69) is 5.32 Å². The van der Waals surface area contributed by atoms with Crippen LogP contribution in [0, 0.1) is 0 Å². The molecule has 5 nitrogen and oxygen atoms in total. The van der Waals surface area contributed by atoms with Gasteiger partial charge in [0, 0.05) is 19.6 Å². The third kappa shape index (κ3) is 2.67. The summed E-state index contributed by atoms with van der Waals surface area (Å²) in [6.45, 7) is 5.00. The highest BCUT2D eigenvalue weighted by atomic mass is 16.2. The largest absolute Gasteiger partial charge is 0.352 e. The minimum Gasteiger partial charge on any atom is -0.352 e. The van der Waals surface area contributed by atoms with Gasteiger partial charge < -0.3 is 16.0 Å². The molecule has 3 N–H and O–H groups in total. The van der Waals surface area contributed by atoms with Crippen molar-refractivity contribution in [1.82, 2.24) is 10.2 Å². The second-order valence-corrected chi connectivity index (χ2v) is 5.51. The van der Waals surface area contributed by atoms with Crippen LogP contribution in [0.15, 0.2) is 24.3 Å². The summed E-state index contributed by atoms with van der Waals surface area (Å²) in [5, 5.41) is 2.79. The first kappa shape index (κ1) is 14.5. The molecule has 0 aliphatic carbocycles. The van der Waals surface area contributed by atoms with Gasteiger partial charge in [-0.05, 0) is 25.0 Å². The van der Waals surface area contributed by atoms with Crippen molar-refractivity contribution in [3.63, 3.8) is 0 Å². The number of carbonyl (C=O) groups is 2. The number of hydrogen-bond donors (Lipinski definition) is 2. The molecule has 1 saturated heterocycles. The molecule has 1 aliphatic heterocycles. The van der Waals surface area contributed by atoms with Crippen molar-refractivity contribution >= 4 is 11.8 Å². The summed E-state index contributed by atoms with van der Waals surface area (Å²) in [6.07, 6.45) is 0.282. The second kappa shape index (κ2) is 5.63. The van der Waals surface area contributed by atoms with Crippen molar-refractivity contribution in [3.8, 4) is 0 Å². The molecule has 1 aromatic rings. The first-order valence-electron chi connectivity index (χ1n) is 6.82. The highest BCUT2D eigenvalue weighted by Crippen LogP contribution is 2.20. The quantitative estimate of drug-likeness (QED) is 0.839. The fraction of sp³-hybridized carbons (Fsp3) is 0.467. The van der Waals surface area contributed by atoms with Crippen LogP contribution in [0.1, 0.15) is 25.0 Å². The Morgan fingerprint density at radius 3 is 2.65 bits per heavy atom. The van der Waals surface area contributed by atoms with Gasteiger partial charge in [-0.2, -0.15) is 0 Å². The molecule has 1 aromatic carbocycles. The van der Waals surface area contributed by atoms with Crippen molar-refractivity contribution in [3.05, 3.63) is 35.4 Å². The maximum Gasteiger partial charge on any atom is 0.245 e. The normalized spacial score (nSPS) is 17.8. The number of benzene rings is 1. The van der Waals surface area contributed by atoms with Crippen molar-refractivity contribution in [1.29, 1.82) is 0 Å². The summed E-state index contributed by atoms with van der Waals surface area (Å²) < 4.78 is 0. The van der Waals surface area contributed by atoms with Crippen molar-refractivity contribution in [2.24, 2.45) is 5.73 Å². The van der Waals surface area contributed by atoms with Crippen molar-refractivity contribution in [2.75, 3.05) is 13.1 Å². The number of amides is 2. The summed E-state index contributed by atoms with van der Waals surface area (Å²) in [6, 6.07) is 7.65. The molecule has 0 aromatic heterocycles. The topological polar surface area (TPSA) is 75.4 Å². The van der Waals surface area contributed by atoms with Crippen LogP contribution in [-0.2, 0) is 22.6 Å². The highest BCUT2D eigenvalue weighted by Gasteiger charge is 2.40. The molecule has 0 atom stereocenters. The minimum atomic E-state index is -0.799. The predicted molar refractivity (Wildman–Crippen MR) is 76.8 cm³/mol. The monoisotopic (exact) mass is 275 g/mol. The first-order chi connectivity index (χ1) is 9.46.